The molecule has 2 aliphatic rings. The van der Waals surface area contributed by atoms with Gasteiger partial charge in [-0.1, -0.05) is 18.2 Å². The molecule has 0 radical (unpaired) electrons. The number of nitrogens with zero attached hydrogens (tertiary/aromatic N) is 1. The molecule has 2 aromatic rings. The number of imide groups is 1. The van der Waals surface area contributed by atoms with E-state index in [1.54, 1.807) is 30.3 Å². The van der Waals surface area contributed by atoms with Gasteiger partial charge in [0.15, 0.2) is 5.78 Å². The minimum atomic E-state index is -0.340. The Morgan fingerprint density at radius 2 is 1.82 bits per heavy atom. The Bertz CT molecular complexity index is 1050. The van der Waals surface area contributed by atoms with Gasteiger partial charge in [-0.15, -0.1) is 0 Å². The summed E-state index contributed by atoms with van der Waals surface area (Å²) in [6.07, 6.45) is 3.57. The van der Waals surface area contributed by atoms with E-state index >= 15 is 0 Å². The molecule has 0 unspecified atom stereocenters. The van der Waals surface area contributed by atoms with E-state index in [1.165, 1.54) is 11.8 Å². The van der Waals surface area contributed by atoms with Crippen LogP contribution in [-0.2, 0) is 9.59 Å². The maximum Gasteiger partial charge on any atom is 0.261 e. The van der Waals surface area contributed by atoms with Crippen LogP contribution in [-0.4, -0.2) is 23.7 Å². The molecule has 1 atom stereocenters. The van der Waals surface area contributed by atoms with Crippen molar-refractivity contribution in [3.8, 4) is 5.75 Å². The van der Waals surface area contributed by atoms with Crippen LogP contribution in [0.5, 0.6) is 5.75 Å². The maximum absolute atomic E-state index is 12.9. The molecule has 2 heterocycles. The summed E-state index contributed by atoms with van der Waals surface area (Å²) in [5, 5.41) is 0. The van der Waals surface area contributed by atoms with Gasteiger partial charge in [-0.2, -0.15) is 0 Å². The zero-order chi connectivity index (χ0) is 19.8. The van der Waals surface area contributed by atoms with Crippen molar-refractivity contribution in [3.05, 3.63) is 76.9 Å². The van der Waals surface area contributed by atoms with E-state index in [9.17, 15) is 14.4 Å². The van der Waals surface area contributed by atoms with Gasteiger partial charge >= 0.3 is 0 Å². The molecule has 2 aliphatic heterocycles. The van der Waals surface area contributed by atoms with Gasteiger partial charge in [0.25, 0.3) is 5.91 Å². The number of carbonyl (C=O) groups excluding carboxylic acids is 3. The average molecular weight is 373 g/mol. The average Bonchev–Trinajstić information content (AvgIpc) is 2.95. The summed E-state index contributed by atoms with van der Waals surface area (Å²) in [6, 6.07) is 14.2. The zero-order valence-corrected chi connectivity index (χ0v) is 15.6. The molecule has 2 amide bonds. The Labute approximate surface area is 162 Å². The minimum absolute atomic E-state index is 0.0407. The highest BCUT2D eigenvalue weighted by atomic mass is 16.5. The highest BCUT2D eigenvalue weighted by molar-refractivity contribution is 6.28. The van der Waals surface area contributed by atoms with Crippen LogP contribution in [0.3, 0.4) is 0 Å². The second kappa shape index (κ2) is 6.93. The molecular weight excluding hydrogens is 354 g/mol. The van der Waals surface area contributed by atoms with Crippen LogP contribution >= 0.6 is 0 Å². The molecule has 0 N–H and O–H groups in total. The summed E-state index contributed by atoms with van der Waals surface area (Å²) in [5.74, 6) is 0.118. The van der Waals surface area contributed by atoms with Gasteiger partial charge in [-0.3, -0.25) is 14.4 Å². The van der Waals surface area contributed by atoms with E-state index in [-0.39, 0.29) is 30.1 Å². The maximum atomic E-state index is 12.9. The van der Waals surface area contributed by atoms with Crippen molar-refractivity contribution in [2.45, 2.75) is 26.4 Å². The molecule has 5 nitrogen and oxygen atoms in total. The van der Waals surface area contributed by atoms with Crippen LogP contribution in [0.4, 0.5) is 5.69 Å². The van der Waals surface area contributed by atoms with Gasteiger partial charge in [-0.05, 0) is 61.9 Å². The number of ether oxygens (including phenoxy) is 1. The van der Waals surface area contributed by atoms with Crippen LogP contribution in [0.15, 0.2) is 65.8 Å². The quantitative estimate of drug-likeness (QED) is 0.464. The number of carbonyl (C=O) groups is 3. The Kier molecular flexibility index (Phi) is 4.43. The van der Waals surface area contributed by atoms with Crippen molar-refractivity contribution < 1.29 is 19.1 Å². The van der Waals surface area contributed by atoms with E-state index in [0.29, 0.717) is 16.8 Å². The minimum Gasteiger partial charge on any atom is -0.485 e. The largest absolute Gasteiger partial charge is 0.485 e. The van der Waals surface area contributed by atoms with E-state index in [2.05, 4.69) is 0 Å². The first-order valence-electron chi connectivity index (χ1n) is 9.10. The number of hydrogen-bond acceptors (Lipinski definition) is 4. The molecule has 1 fully saturated rings. The molecule has 0 saturated carbocycles. The van der Waals surface area contributed by atoms with E-state index in [0.717, 1.165) is 16.9 Å². The van der Waals surface area contributed by atoms with Gasteiger partial charge in [0.1, 0.15) is 11.9 Å². The topological polar surface area (TPSA) is 63.7 Å². The molecule has 0 aliphatic carbocycles. The van der Waals surface area contributed by atoms with Crippen molar-refractivity contribution >= 4 is 29.4 Å². The molecule has 0 spiro atoms. The van der Waals surface area contributed by atoms with Crippen molar-refractivity contribution in [2.75, 3.05) is 4.90 Å². The fourth-order valence-electron chi connectivity index (χ4n) is 3.42. The number of amides is 2. The lowest BCUT2D eigenvalue weighted by Crippen LogP contribution is -2.29. The van der Waals surface area contributed by atoms with E-state index in [4.69, 9.17) is 4.74 Å². The van der Waals surface area contributed by atoms with Crippen molar-refractivity contribution in [2.24, 2.45) is 0 Å². The normalized spacial score (nSPS) is 20.1. The second-order valence-corrected chi connectivity index (χ2v) is 6.93. The Morgan fingerprint density at radius 3 is 2.54 bits per heavy atom. The summed E-state index contributed by atoms with van der Waals surface area (Å²) in [5.41, 5.74) is 3.23. The van der Waals surface area contributed by atoms with Crippen molar-refractivity contribution in [1.29, 1.82) is 0 Å². The van der Waals surface area contributed by atoms with Gasteiger partial charge in [-0.25, -0.2) is 4.90 Å². The molecule has 5 heteroatoms. The molecule has 4 rings (SSSR count). The van der Waals surface area contributed by atoms with Gasteiger partial charge in [0.05, 0.1) is 12.1 Å². The third kappa shape index (κ3) is 3.16. The number of hydrogen-bond donors (Lipinski definition) is 0. The lowest BCUT2D eigenvalue weighted by molar-refractivity contribution is -0.120. The Hall–Kier alpha value is -3.47. The molecule has 0 bridgehead atoms. The lowest BCUT2D eigenvalue weighted by atomic mass is 10.00. The second-order valence-electron chi connectivity index (χ2n) is 6.93. The Balaban J connectivity index is 1.64. The molecule has 1 saturated heterocycles. The molecule has 28 heavy (non-hydrogen) atoms. The first-order valence-corrected chi connectivity index (χ1v) is 9.10. The standard InChI is InChI=1S/C23H19NO4/c1-14(25)16-7-9-20(10-8-16)24-22(26)13-19(23(24)27)12-18-11-17-5-3-4-6-21(17)28-15(18)2/h3-12,15H,13H2,1-2H3/b19-12+/t15-/m0/s1. The number of benzene rings is 2. The van der Waals surface area contributed by atoms with E-state index in [1.807, 2.05) is 37.3 Å². The SMILES string of the molecule is CC(=O)c1ccc(N2C(=O)C/C(=C\C3=Cc4ccccc4O[C@H]3C)C2=O)cc1. The molecule has 0 aromatic heterocycles. The number of anilines is 1. The third-order valence-corrected chi connectivity index (χ3v) is 4.96. The number of ketones is 1. The fraction of sp³-hybridized carbons (Fsp3) is 0.174. The summed E-state index contributed by atoms with van der Waals surface area (Å²) in [6.45, 7) is 3.39. The van der Waals surface area contributed by atoms with Gasteiger partial charge in [0.2, 0.25) is 5.91 Å². The number of para-hydroxylation sites is 1. The summed E-state index contributed by atoms with van der Waals surface area (Å²) in [4.78, 5) is 37.9. The number of rotatable bonds is 3. The van der Waals surface area contributed by atoms with Crippen LogP contribution in [0.25, 0.3) is 6.08 Å². The zero-order valence-electron chi connectivity index (χ0n) is 15.6. The summed E-state index contributed by atoms with van der Waals surface area (Å²) in [7, 11) is 0. The fourth-order valence-corrected chi connectivity index (χ4v) is 3.42. The van der Waals surface area contributed by atoms with Gasteiger partial charge < -0.3 is 4.74 Å². The van der Waals surface area contributed by atoms with E-state index < -0.39 is 0 Å². The summed E-state index contributed by atoms with van der Waals surface area (Å²) >= 11 is 0. The smallest absolute Gasteiger partial charge is 0.261 e. The van der Waals surface area contributed by atoms with Crippen LogP contribution < -0.4 is 9.64 Å². The number of fused-ring (bicyclic) bond motifs is 1. The molecule has 2 aromatic carbocycles. The lowest BCUT2D eigenvalue weighted by Gasteiger charge is -2.23. The first kappa shape index (κ1) is 17.9. The Morgan fingerprint density at radius 1 is 1.11 bits per heavy atom. The molecule has 140 valence electrons. The predicted octanol–water partition coefficient (Wildman–Crippen LogP) is 3.94. The van der Waals surface area contributed by atoms with Crippen LogP contribution in [0.2, 0.25) is 0 Å². The van der Waals surface area contributed by atoms with Crippen molar-refractivity contribution in [1.82, 2.24) is 0 Å². The van der Waals surface area contributed by atoms with Crippen LogP contribution in [0.1, 0.15) is 36.2 Å². The highest BCUT2D eigenvalue weighted by Gasteiger charge is 2.35. The van der Waals surface area contributed by atoms with Crippen molar-refractivity contribution in [3.63, 3.8) is 0 Å². The predicted molar refractivity (Wildman–Crippen MR) is 106 cm³/mol. The molecular formula is C23H19NO4. The number of Topliss-reactive ketones (excluding diaryl/α,β-unsaturated/α-hetero) is 1. The monoisotopic (exact) mass is 373 g/mol. The first-order chi connectivity index (χ1) is 13.4. The highest BCUT2D eigenvalue weighted by Crippen LogP contribution is 2.32. The van der Waals surface area contributed by atoms with Crippen LogP contribution in [0, 0.1) is 0 Å². The third-order valence-electron chi connectivity index (χ3n) is 4.96. The van der Waals surface area contributed by atoms with Gasteiger partial charge in [0, 0.05) is 16.7 Å². The summed E-state index contributed by atoms with van der Waals surface area (Å²) < 4.78 is 5.91.